The summed E-state index contributed by atoms with van der Waals surface area (Å²) in [4.78, 5) is 36.5. The summed E-state index contributed by atoms with van der Waals surface area (Å²) in [5.41, 5.74) is 0.815. The zero-order valence-corrected chi connectivity index (χ0v) is 14.5. The molecule has 1 aliphatic heterocycles. The Balaban J connectivity index is 1.65. The summed E-state index contributed by atoms with van der Waals surface area (Å²) < 4.78 is 23.4. The monoisotopic (exact) mass is 375 g/mol. The number of thioether (sulfide) groups is 1. The number of carbonyl (C=O) groups excluding carboxylic acids is 3. The number of halogens is 1. The lowest BCUT2D eigenvalue weighted by atomic mass is 10.1. The SMILES string of the molecule is COc1ccc(C(=O)COC(=O)c2ccc3c(c2)NC(=O)CS3)cc1F. The number of nitrogens with one attached hydrogen (secondary N) is 1. The lowest BCUT2D eigenvalue weighted by molar-refractivity contribution is -0.113. The van der Waals surface area contributed by atoms with E-state index in [1.165, 1.54) is 37.1 Å². The Morgan fingerprint density at radius 3 is 2.69 bits per heavy atom. The number of ether oxygens (including phenoxy) is 2. The minimum absolute atomic E-state index is 0.0209. The Labute approximate surface area is 152 Å². The van der Waals surface area contributed by atoms with Gasteiger partial charge in [-0.2, -0.15) is 0 Å². The van der Waals surface area contributed by atoms with E-state index >= 15 is 0 Å². The van der Waals surface area contributed by atoms with Gasteiger partial charge in [-0.05, 0) is 36.4 Å². The Hall–Kier alpha value is -2.87. The molecule has 8 heteroatoms. The maximum absolute atomic E-state index is 13.6. The van der Waals surface area contributed by atoms with Crippen LogP contribution in [0.5, 0.6) is 5.75 Å². The number of amides is 1. The van der Waals surface area contributed by atoms with Crippen molar-refractivity contribution in [1.82, 2.24) is 0 Å². The second-order valence-electron chi connectivity index (χ2n) is 5.40. The first-order valence-corrected chi connectivity index (χ1v) is 8.57. The van der Waals surface area contributed by atoms with E-state index in [-0.39, 0.29) is 22.8 Å². The topological polar surface area (TPSA) is 81.7 Å². The van der Waals surface area contributed by atoms with Crippen LogP contribution in [0.4, 0.5) is 10.1 Å². The molecule has 1 aliphatic rings. The maximum Gasteiger partial charge on any atom is 0.338 e. The van der Waals surface area contributed by atoms with Crippen LogP contribution in [-0.4, -0.2) is 37.1 Å². The van der Waals surface area contributed by atoms with Gasteiger partial charge in [0.2, 0.25) is 5.91 Å². The summed E-state index contributed by atoms with van der Waals surface area (Å²) in [6.07, 6.45) is 0. The van der Waals surface area contributed by atoms with Gasteiger partial charge in [0, 0.05) is 10.5 Å². The van der Waals surface area contributed by atoms with Gasteiger partial charge in [0.25, 0.3) is 0 Å². The van der Waals surface area contributed by atoms with Crippen LogP contribution in [0.25, 0.3) is 0 Å². The van der Waals surface area contributed by atoms with Gasteiger partial charge in [-0.25, -0.2) is 9.18 Å². The van der Waals surface area contributed by atoms with E-state index in [0.717, 1.165) is 11.0 Å². The van der Waals surface area contributed by atoms with E-state index in [9.17, 15) is 18.8 Å². The van der Waals surface area contributed by atoms with E-state index < -0.39 is 24.2 Å². The molecule has 0 aromatic heterocycles. The van der Waals surface area contributed by atoms with Crippen LogP contribution >= 0.6 is 11.8 Å². The number of methoxy groups -OCH3 is 1. The van der Waals surface area contributed by atoms with Crippen molar-refractivity contribution in [3.63, 3.8) is 0 Å². The Kier molecular flexibility index (Phi) is 5.22. The molecule has 0 radical (unpaired) electrons. The molecule has 0 fully saturated rings. The third kappa shape index (κ3) is 3.85. The van der Waals surface area contributed by atoms with E-state index in [1.54, 1.807) is 12.1 Å². The molecule has 1 heterocycles. The lowest BCUT2D eigenvalue weighted by Crippen LogP contribution is -2.19. The number of fused-ring (bicyclic) bond motifs is 1. The number of benzene rings is 2. The highest BCUT2D eigenvalue weighted by atomic mass is 32.2. The van der Waals surface area contributed by atoms with Crippen LogP contribution in [-0.2, 0) is 9.53 Å². The summed E-state index contributed by atoms with van der Waals surface area (Å²) in [5.74, 6) is -1.73. The molecule has 0 unspecified atom stereocenters. The van der Waals surface area contributed by atoms with E-state index in [1.807, 2.05) is 0 Å². The Morgan fingerprint density at radius 1 is 1.19 bits per heavy atom. The molecule has 0 bridgehead atoms. The van der Waals surface area contributed by atoms with Crippen molar-refractivity contribution in [2.24, 2.45) is 0 Å². The van der Waals surface area contributed by atoms with Gasteiger partial charge >= 0.3 is 5.97 Å². The third-order valence-electron chi connectivity index (χ3n) is 3.66. The fraction of sp³-hybridized carbons (Fsp3) is 0.167. The molecule has 0 atom stereocenters. The zero-order valence-electron chi connectivity index (χ0n) is 13.7. The number of hydrogen-bond acceptors (Lipinski definition) is 6. The first kappa shape index (κ1) is 17.9. The average Bonchev–Trinajstić information content (AvgIpc) is 2.65. The van der Waals surface area contributed by atoms with Gasteiger partial charge in [0.15, 0.2) is 24.0 Å². The van der Waals surface area contributed by atoms with Crippen molar-refractivity contribution in [2.75, 3.05) is 24.8 Å². The quantitative estimate of drug-likeness (QED) is 0.639. The summed E-state index contributed by atoms with van der Waals surface area (Å²) >= 11 is 1.37. The molecule has 2 aromatic carbocycles. The predicted octanol–water partition coefficient (Wildman–Crippen LogP) is 2.92. The molecule has 134 valence electrons. The first-order chi connectivity index (χ1) is 12.5. The number of hydrogen-bond donors (Lipinski definition) is 1. The number of Topliss-reactive ketones (excluding diaryl/α,β-unsaturated/α-hetero) is 1. The molecule has 1 N–H and O–H groups in total. The Bertz CT molecular complexity index is 899. The number of esters is 1. The van der Waals surface area contributed by atoms with Crippen LogP contribution in [0.15, 0.2) is 41.3 Å². The van der Waals surface area contributed by atoms with E-state index in [2.05, 4.69) is 5.32 Å². The summed E-state index contributed by atoms with van der Waals surface area (Å²) in [6, 6.07) is 8.51. The molecular formula is C18H14FNO5S. The summed E-state index contributed by atoms with van der Waals surface area (Å²) in [6.45, 7) is -0.525. The van der Waals surface area contributed by atoms with E-state index in [4.69, 9.17) is 9.47 Å². The average molecular weight is 375 g/mol. The second kappa shape index (κ2) is 7.57. The highest BCUT2D eigenvalue weighted by Crippen LogP contribution is 2.32. The standard InChI is InChI=1S/C18H14FNO5S/c1-24-15-4-2-10(6-12(15)19)14(21)8-25-18(23)11-3-5-16-13(7-11)20-17(22)9-26-16/h2-7H,8-9H2,1H3,(H,20,22). The third-order valence-corrected chi connectivity index (χ3v) is 4.73. The molecule has 1 amide bonds. The second-order valence-corrected chi connectivity index (χ2v) is 6.41. The van der Waals surface area contributed by atoms with E-state index in [0.29, 0.717) is 11.4 Å². The van der Waals surface area contributed by atoms with Crippen LogP contribution in [0.2, 0.25) is 0 Å². The number of rotatable bonds is 5. The minimum Gasteiger partial charge on any atom is -0.494 e. The molecule has 0 saturated heterocycles. The van der Waals surface area contributed by atoms with Crippen molar-refractivity contribution in [3.8, 4) is 5.75 Å². The van der Waals surface area contributed by atoms with Gasteiger partial charge in [0.05, 0.1) is 24.1 Å². The predicted molar refractivity (Wildman–Crippen MR) is 93.4 cm³/mol. The van der Waals surface area contributed by atoms with Gasteiger partial charge in [0.1, 0.15) is 0 Å². The smallest absolute Gasteiger partial charge is 0.338 e. The van der Waals surface area contributed by atoms with Gasteiger partial charge in [-0.15, -0.1) is 11.8 Å². The molecule has 0 spiro atoms. The largest absolute Gasteiger partial charge is 0.494 e. The van der Waals surface area contributed by atoms with Crippen molar-refractivity contribution < 1.29 is 28.2 Å². The zero-order chi connectivity index (χ0) is 18.7. The molecule has 2 aromatic rings. The number of anilines is 1. The highest BCUT2D eigenvalue weighted by molar-refractivity contribution is 8.00. The van der Waals surface area contributed by atoms with Crippen LogP contribution in [0, 0.1) is 5.82 Å². The molecule has 0 saturated carbocycles. The maximum atomic E-state index is 13.6. The highest BCUT2D eigenvalue weighted by Gasteiger charge is 2.19. The Morgan fingerprint density at radius 2 is 1.96 bits per heavy atom. The minimum atomic E-state index is -0.708. The fourth-order valence-electron chi connectivity index (χ4n) is 2.35. The van der Waals surface area contributed by atoms with Gasteiger partial charge in [-0.3, -0.25) is 9.59 Å². The van der Waals surface area contributed by atoms with Crippen LogP contribution in [0.1, 0.15) is 20.7 Å². The first-order valence-electron chi connectivity index (χ1n) is 7.58. The van der Waals surface area contributed by atoms with Crippen molar-refractivity contribution in [3.05, 3.63) is 53.3 Å². The van der Waals surface area contributed by atoms with Crippen molar-refractivity contribution >= 4 is 35.1 Å². The molecule has 26 heavy (non-hydrogen) atoms. The van der Waals surface area contributed by atoms with Crippen LogP contribution in [0.3, 0.4) is 0 Å². The number of ketones is 1. The summed E-state index contributed by atoms with van der Waals surface area (Å²) in [7, 11) is 1.32. The van der Waals surface area contributed by atoms with Crippen molar-refractivity contribution in [2.45, 2.75) is 4.90 Å². The van der Waals surface area contributed by atoms with Gasteiger partial charge in [-0.1, -0.05) is 0 Å². The van der Waals surface area contributed by atoms with Crippen LogP contribution < -0.4 is 10.1 Å². The molecule has 6 nitrogen and oxygen atoms in total. The molecular weight excluding hydrogens is 361 g/mol. The fourth-order valence-corrected chi connectivity index (χ4v) is 3.14. The lowest BCUT2D eigenvalue weighted by Gasteiger charge is -2.16. The normalized spacial score (nSPS) is 12.8. The van der Waals surface area contributed by atoms with Gasteiger partial charge < -0.3 is 14.8 Å². The number of carbonyl (C=O) groups is 3. The summed E-state index contributed by atoms with van der Waals surface area (Å²) in [5, 5.41) is 2.67. The van der Waals surface area contributed by atoms with Crippen molar-refractivity contribution in [1.29, 1.82) is 0 Å². The molecule has 3 rings (SSSR count). The molecule has 0 aliphatic carbocycles.